The van der Waals surface area contributed by atoms with Crippen molar-refractivity contribution < 1.29 is 4.79 Å². The molecular weight excluding hydrogens is 286 g/mol. The van der Waals surface area contributed by atoms with Crippen LogP contribution < -0.4 is 10.6 Å². The molecule has 1 amide bonds. The minimum Gasteiger partial charge on any atom is -0.353 e. The van der Waals surface area contributed by atoms with Crippen molar-refractivity contribution in [3.8, 4) is 0 Å². The second kappa shape index (κ2) is 9.04. The highest BCUT2D eigenvalue weighted by Crippen LogP contribution is 2.22. The lowest BCUT2D eigenvalue weighted by molar-refractivity contribution is -0.126. The van der Waals surface area contributed by atoms with Gasteiger partial charge in [0.15, 0.2) is 0 Å². The van der Waals surface area contributed by atoms with Gasteiger partial charge >= 0.3 is 0 Å². The summed E-state index contributed by atoms with van der Waals surface area (Å²) in [6, 6.07) is 11.0. The van der Waals surface area contributed by atoms with E-state index in [1.165, 1.54) is 18.4 Å². The summed E-state index contributed by atoms with van der Waals surface area (Å²) < 4.78 is 0. The van der Waals surface area contributed by atoms with E-state index in [9.17, 15) is 4.79 Å². The Kier molecular flexibility index (Phi) is 7.06. The zero-order valence-electron chi connectivity index (χ0n) is 14.7. The summed E-state index contributed by atoms with van der Waals surface area (Å²) in [5.74, 6) is 0.891. The number of nitrogens with one attached hydrogen (secondary N) is 2. The molecule has 0 aromatic heterocycles. The Hall–Kier alpha value is -1.39. The summed E-state index contributed by atoms with van der Waals surface area (Å²) in [7, 11) is 1.91. The number of carbonyl (C=O) groups excluding carboxylic acids is 1. The lowest BCUT2D eigenvalue weighted by atomic mass is 9.89. The molecule has 1 aliphatic heterocycles. The molecule has 1 aromatic carbocycles. The molecule has 2 unspecified atom stereocenters. The molecule has 1 aliphatic rings. The first-order chi connectivity index (χ1) is 11.1. The third-order valence-corrected chi connectivity index (χ3v) is 5.02. The van der Waals surface area contributed by atoms with E-state index in [0.29, 0.717) is 12.6 Å². The zero-order chi connectivity index (χ0) is 16.7. The molecule has 0 spiro atoms. The predicted molar refractivity (Wildman–Crippen MR) is 95.4 cm³/mol. The second-order valence-corrected chi connectivity index (χ2v) is 6.78. The normalized spacial score (nSPS) is 19.3. The Balaban J connectivity index is 1.74. The van der Waals surface area contributed by atoms with Crippen molar-refractivity contribution in [1.29, 1.82) is 0 Å². The Morgan fingerprint density at radius 2 is 1.87 bits per heavy atom. The first kappa shape index (κ1) is 18.0. The highest BCUT2D eigenvalue weighted by atomic mass is 16.2. The Morgan fingerprint density at radius 1 is 1.22 bits per heavy atom. The van der Waals surface area contributed by atoms with Gasteiger partial charge < -0.3 is 10.6 Å². The molecule has 2 rings (SSSR count). The van der Waals surface area contributed by atoms with Crippen LogP contribution in [0.5, 0.6) is 0 Å². The van der Waals surface area contributed by atoms with Gasteiger partial charge in [0.1, 0.15) is 0 Å². The van der Waals surface area contributed by atoms with Crippen LogP contribution in [0.25, 0.3) is 0 Å². The maximum Gasteiger partial charge on any atom is 0.237 e. The van der Waals surface area contributed by atoms with E-state index in [-0.39, 0.29) is 11.9 Å². The van der Waals surface area contributed by atoms with Gasteiger partial charge in [-0.3, -0.25) is 9.69 Å². The number of hydrogen-bond donors (Lipinski definition) is 2. The van der Waals surface area contributed by atoms with Crippen molar-refractivity contribution in [2.24, 2.45) is 5.92 Å². The van der Waals surface area contributed by atoms with Gasteiger partial charge in [0.05, 0.1) is 6.04 Å². The van der Waals surface area contributed by atoms with E-state index in [4.69, 9.17) is 0 Å². The average molecular weight is 317 g/mol. The predicted octanol–water partition coefficient (Wildman–Crippen LogP) is 2.05. The van der Waals surface area contributed by atoms with Gasteiger partial charge in [0.25, 0.3) is 0 Å². The molecule has 4 nitrogen and oxygen atoms in total. The van der Waals surface area contributed by atoms with Crippen LogP contribution in [0.4, 0.5) is 0 Å². The monoisotopic (exact) mass is 317 g/mol. The molecule has 4 heteroatoms. The first-order valence-corrected chi connectivity index (χ1v) is 8.83. The molecule has 1 aromatic rings. The number of nitrogens with zero attached hydrogens (tertiary/aromatic N) is 1. The van der Waals surface area contributed by atoms with Crippen molar-refractivity contribution >= 4 is 5.91 Å². The number of benzene rings is 1. The third-order valence-electron chi connectivity index (χ3n) is 5.02. The van der Waals surface area contributed by atoms with Crippen molar-refractivity contribution in [1.82, 2.24) is 15.5 Å². The molecule has 128 valence electrons. The fourth-order valence-corrected chi connectivity index (χ4v) is 3.16. The fraction of sp³-hybridized carbons (Fsp3) is 0.632. The minimum absolute atomic E-state index is 0.0308. The lowest BCUT2D eigenvalue weighted by Gasteiger charge is -2.35. The van der Waals surface area contributed by atoms with Crippen molar-refractivity contribution in [3.05, 3.63) is 35.9 Å². The molecule has 0 aliphatic carbocycles. The summed E-state index contributed by atoms with van der Waals surface area (Å²) in [4.78, 5) is 14.6. The Labute approximate surface area is 140 Å². The van der Waals surface area contributed by atoms with Crippen LogP contribution in [-0.2, 0) is 11.2 Å². The molecule has 0 saturated carbocycles. The average Bonchev–Trinajstić information content (AvgIpc) is 2.60. The van der Waals surface area contributed by atoms with Gasteiger partial charge in [0.2, 0.25) is 5.91 Å². The van der Waals surface area contributed by atoms with Crippen molar-refractivity contribution in [3.63, 3.8) is 0 Å². The summed E-state index contributed by atoms with van der Waals surface area (Å²) in [5, 5.41) is 6.18. The molecule has 2 atom stereocenters. The topological polar surface area (TPSA) is 44.4 Å². The molecule has 2 N–H and O–H groups in total. The first-order valence-electron chi connectivity index (χ1n) is 8.83. The lowest BCUT2D eigenvalue weighted by Crippen LogP contribution is -2.50. The van der Waals surface area contributed by atoms with E-state index >= 15 is 0 Å². The Morgan fingerprint density at radius 3 is 2.48 bits per heavy atom. The summed E-state index contributed by atoms with van der Waals surface area (Å²) in [6.45, 7) is 6.82. The van der Waals surface area contributed by atoms with E-state index in [2.05, 4.69) is 52.8 Å². The van der Waals surface area contributed by atoms with E-state index in [1.807, 2.05) is 14.0 Å². The van der Waals surface area contributed by atoms with Crippen molar-refractivity contribution in [2.45, 2.75) is 45.2 Å². The number of hydrogen-bond acceptors (Lipinski definition) is 3. The van der Waals surface area contributed by atoms with Gasteiger partial charge in [-0.2, -0.15) is 0 Å². The number of carbonyl (C=O) groups is 1. The second-order valence-electron chi connectivity index (χ2n) is 6.78. The number of likely N-dealkylation sites (tertiary alicyclic amines) is 1. The third kappa shape index (κ3) is 5.63. The fourth-order valence-electron chi connectivity index (χ4n) is 3.16. The van der Waals surface area contributed by atoms with Crippen LogP contribution in [0, 0.1) is 5.92 Å². The van der Waals surface area contributed by atoms with Gasteiger partial charge in [-0.15, -0.1) is 0 Å². The number of likely N-dealkylation sites (N-methyl/N-ethyl adjacent to an activating group) is 1. The van der Waals surface area contributed by atoms with Gasteiger partial charge in [-0.1, -0.05) is 30.3 Å². The van der Waals surface area contributed by atoms with E-state index in [1.54, 1.807) is 0 Å². The number of piperidine rings is 1. The number of rotatable bonds is 7. The van der Waals surface area contributed by atoms with Gasteiger partial charge in [-0.05, 0) is 64.7 Å². The Bertz CT molecular complexity index is 469. The van der Waals surface area contributed by atoms with Crippen LogP contribution in [0.2, 0.25) is 0 Å². The van der Waals surface area contributed by atoms with Crippen LogP contribution in [-0.4, -0.2) is 49.6 Å². The molecule has 1 fully saturated rings. The summed E-state index contributed by atoms with van der Waals surface area (Å²) in [6.07, 6.45) is 3.52. The highest BCUT2D eigenvalue weighted by Gasteiger charge is 2.26. The minimum atomic E-state index is -0.0308. The van der Waals surface area contributed by atoms with Gasteiger partial charge in [-0.25, -0.2) is 0 Å². The molecule has 23 heavy (non-hydrogen) atoms. The molecule has 1 saturated heterocycles. The van der Waals surface area contributed by atoms with Crippen LogP contribution in [0.3, 0.4) is 0 Å². The largest absolute Gasteiger partial charge is 0.353 e. The molecule has 0 radical (unpaired) electrons. The van der Waals surface area contributed by atoms with Crippen molar-refractivity contribution in [2.75, 3.05) is 26.7 Å². The maximum absolute atomic E-state index is 12.3. The smallest absolute Gasteiger partial charge is 0.237 e. The van der Waals surface area contributed by atoms with E-state index < -0.39 is 0 Å². The van der Waals surface area contributed by atoms with Crippen LogP contribution in [0.15, 0.2) is 30.3 Å². The summed E-state index contributed by atoms with van der Waals surface area (Å²) in [5.41, 5.74) is 1.43. The molecular formula is C19H31N3O. The quantitative estimate of drug-likeness (QED) is 0.809. The number of amides is 1. The highest BCUT2D eigenvalue weighted by molar-refractivity contribution is 5.81. The molecule has 0 bridgehead atoms. The SMILES string of the molecule is CNC(C)CNC(=O)C(C)N1CCC(Cc2ccccc2)CC1. The maximum atomic E-state index is 12.3. The van der Waals surface area contributed by atoms with Crippen LogP contribution in [0.1, 0.15) is 32.3 Å². The van der Waals surface area contributed by atoms with E-state index in [0.717, 1.165) is 25.4 Å². The van der Waals surface area contributed by atoms with Crippen LogP contribution >= 0.6 is 0 Å². The zero-order valence-corrected chi connectivity index (χ0v) is 14.7. The summed E-state index contributed by atoms with van der Waals surface area (Å²) >= 11 is 0. The van der Waals surface area contributed by atoms with Gasteiger partial charge in [0, 0.05) is 12.6 Å². The standard InChI is InChI=1S/C19H31N3O/c1-15(20-3)14-21-19(23)16(2)22-11-9-18(10-12-22)13-17-7-5-4-6-8-17/h4-8,15-16,18,20H,9-14H2,1-3H3,(H,21,23). The molecule has 1 heterocycles.